The number of carbonyl (C=O) groups is 1. The van der Waals surface area contributed by atoms with E-state index in [0.29, 0.717) is 17.9 Å². The molecule has 0 spiro atoms. The van der Waals surface area contributed by atoms with Gasteiger partial charge in [0.2, 0.25) is 5.91 Å². The van der Waals surface area contributed by atoms with Gasteiger partial charge in [-0.05, 0) is 45.0 Å². The van der Waals surface area contributed by atoms with Gasteiger partial charge in [-0.1, -0.05) is 6.92 Å². The molecule has 1 aromatic carbocycles. The fourth-order valence-electron chi connectivity index (χ4n) is 1.75. The molecule has 1 aromatic rings. The van der Waals surface area contributed by atoms with E-state index in [1.54, 1.807) is 31.2 Å². The maximum absolute atomic E-state index is 11.7. The Bertz CT molecular complexity index is 572. The van der Waals surface area contributed by atoms with Gasteiger partial charge in [-0.15, -0.1) is 0 Å². The van der Waals surface area contributed by atoms with Gasteiger partial charge in [-0.25, -0.2) is 8.42 Å². The number of carbonyl (C=O) groups excluding carboxylic acids is 1. The normalized spacial score (nSPS) is 12.0. The van der Waals surface area contributed by atoms with Crippen LogP contribution in [0.2, 0.25) is 0 Å². The third-order valence-electron chi connectivity index (χ3n) is 2.79. The molecule has 21 heavy (non-hydrogen) atoms. The van der Waals surface area contributed by atoms with Crippen LogP contribution >= 0.6 is 0 Å². The molecule has 0 unspecified atom stereocenters. The molecule has 0 radical (unpaired) electrons. The summed E-state index contributed by atoms with van der Waals surface area (Å²) >= 11 is 0. The fourth-order valence-corrected chi connectivity index (χ4v) is 2.63. The highest BCUT2D eigenvalue weighted by molar-refractivity contribution is 7.91. The minimum atomic E-state index is -3.16. The van der Waals surface area contributed by atoms with Gasteiger partial charge in [-0.2, -0.15) is 0 Å². The maximum Gasteiger partial charge on any atom is 0.222 e. The van der Waals surface area contributed by atoms with E-state index in [9.17, 15) is 13.2 Å². The summed E-state index contributed by atoms with van der Waals surface area (Å²) < 4.78 is 23.4. The van der Waals surface area contributed by atoms with Gasteiger partial charge in [0.05, 0.1) is 10.6 Å². The van der Waals surface area contributed by atoms with Crippen molar-refractivity contribution in [2.24, 2.45) is 0 Å². The fraction of sp³-hybridized carbons (Fsp3) is 0.533. The molecule has 0 aliphatic carbocycles. The molecule has 6 heteroatoms. The summed E-state index contributed by atoms with van der Waals surface area (Å²) in [6.45, 7) is 7.93. The average Bonchev–Trinajstić information content (AvgIpc) is 2.37. The summed E-state index contributed by atoms with van der Waals surface area (Å²) in [7, 11) is -3.16. The third kappa shape index (κ3) is 6.16. The number of amides is 1. The van der Waals surface area contributed by atoms with E-state index in [1.807, 2.05) is 20.8 Å². The van der Waals surface area contributed by atoms with Crippen LogP contribution in [0, 0.1) is 0 Å². The maximum atomic E-state index is 11.7. The summed E-state index contributed by atoms with van der Waals surface area (Å²) in [4.78, 5) is 12.0. The van der Waals surface area contributed by atoms with Gasteiger partial charge in [-0.3, -0.25) is 4.79 Å². The highest BCUT2D eigenvalue weighted by Gasteiger charge is 2.13. The second-order valence-corrected chi connectivity index (χ2v) is 8.18. The number of nitrogens with one attached hydrogen (secondary N) is 2. The zero-order valence-electron chi connectivity index (χ0n) is 13.1. The standard InChI is InChI=1S/C15H24N2O3S/c1-5-21(19,20)13-8-6-12(7-9-13)16-11-10-14(18)17-15(2,3)4/h6-9,16H,5,10-11H2,1-4H3,(H,17,18). The van der Waals surface area contributed by atoms with Crippen molar-refractivity contribution in [2.75, 3.05) is 17.6 Å². The molecular formula is C15H24N2O3S. The molecule has 0 saturated carbocycles. The second kappa shape index (κ2) is 6.93. The first-order valence-corrected chi connectivity index (χ1v) is 8.67. The summed E-state index contributed by atoms with van der Waals surface area (Å²) in [5, 5.41) is 5.99. The summed E-state index contributed by atoms with van der Waals surface area (Å²) in [6, 6.07) is 6.58. The van der Waals surface area contributed by atoms with E-state index in [0.717, 1.165) is 5.69 Å². The largest absolute Gasteiger partial charge is 0.385 e. The number of anilines is 1. The van der Waals surface area contributed by atoms with Crippen LogP contribution in [0.5, 0.6) is 0 Å². The number of rotatable bonds is 6. The minimum Gasteiger partial charge on any atom is -0.385 e. The lowest BCUT2D eigenvalue weighted by atomic mass is 10.1. The lowest BCUT2D eigenvalue weighted by Gasteiger charge is -2.20. The average molecular weight is 312 g/mol. The van der Waals surface area contributed by atoms with E-state index >= 15 is 0 Å². The van der Waals surface area contributed by atoms with Crippen LogP contribution in [0.15, 0.2) is 29.2 Å². The molecular weight excluding hydrogens is 288 g/mol. The molecule has 0 aliphatic rings. The molecule has 118 valence electrons. The van der Waals surface area contributed by atoms with Gasteiger partial charge in [0.25, 0.3) is 0 Å². The summed E-state index contributed by atoms with van der Waals surface area (Å²) in [5.74, 6) is 0.0763. The van der Waals surface area contributed by atoms with E-state index < -0.39 is 9.84 Å². The van der Waals surface area contributed by atoms with Crippen molar-refractivity contribution in [2.45, 2.75) is 44.6 Å². The first-order valence-electron chi connectivity index (χ1n) is 7.02. The zero-order chi connectivity index (χ0) is 16.1. The van der Waals surface area contributed by atoms with Crippen LogP contribution in [0.4, 0.5) is 5.69 Å². The van der Waals surface area contributed by atoms with E-state index in [1.165, 1.54) is 0 Å². The smallest absolute Gasteiger partial charge is 0.222 e. The Labute approximate surface area is 127 Å². The van der Waals surface area contributed by atoms with E-state index in [-0.39, 0.29) is 17.2 Å². The van der Waals surface area contributed by atoms with Gasteiger partial charge >= 0.3 is 0 Å². The Morgan fingerprint density at radius 1 is 1.14 bits per heavy atom. The zero-order valence-corrected chi connectivity index (χ0v) is 13.9. The molecule has 0 heterocycles. The van der Waals surface area contributed by atoms with Crippen molar-refractivity contribution < 1.29 is 13.2 Å². The van der Waals surface area contributed by atoms with Gasteiger partial charge in [0.15, 0.2) is 9.84 Å². The monoisotopic (exact) mass is 312 g/mol. The lowest BCUT2D eigenvalue weighted by molar-refractivity contribution is -0.122. The molecule has 0 aliphatic heterocycles. The Morgan fingerprint density at radius 3 is 2.19 bits per heavy atom. The van der Waals surface area contributed by atoms with Crippen molar-refractivity contribution in [1.29, 1.82) is 0 Å². The van der Waals surface area contributed by atoms with Crippen LogP contribution < -0.4 is 10.6 Å². The Hall–Kier alpha value is -1.56. The number of benzene rings is 1. The number of hydrogen-bond acceptors (Lipinski definition) is 4. The van der Waals surface area contributed by atoms with Crippen LogP contribution in [0.1, 0.15) is 34.1 Å². The highest BCUT2D eigenvalue weighted by Crippen LogP contribution is 2.15. The molecule has 1 rings (SSSR count). The van der Waals surface area contributed by atoms with Crippen molar-refractivity contribution in [3.05, 3.63) is 24.3 Å². The SMILES string of the molecule is CCS(=O)(=O)c1ccc(NCCC(=O)NC(C)(C)C)cc1. The number of hydrogen-bond donors (Lipinski definition) is 2. The molecule has 1 amide bonds. The first-order chi connectivity index (χ1) is 9.64. The highest BCUT2D eigenvalue weighted by atomic mass is 32.2. The molecule has 0 saturated heterocycles. The van der Waals surface area contributed by atoms with Gasteiger partial charge in [0.1, 0.15) is 0 Å². The first kappa shape index (κ1) is 17.5. The molecule has 0 atom stereocenters. The minimum absolute atomic E-state index is 0.0137. The second-order valence-electron chi connectivity index (χ2n) is 5.90. The third-order valence-corrected chi connectivity index (χ3v) is 4.54. The van der Waals surface area contributed by atoms with Gasteiger partial charge < -0.3 is 10.6 Å². The Kier molecular flexibility index (Phi) is 5.78. The Balaban J connectivity index is 2.49. The molecule has 2 N–H and O–H groups in total. The summed E-state index contributed by atoms with van der Waals surface area (Å²) in [6.07, 6.45) is 0.367. The van der Waals surface area contributed by atoms with Crippen LogP contribution in [-0.4, -0.2) is 32.2 Å². The van der Waals surface area contributed by atoms with Crippen molar-refractivity contribution in [3.63, 3.8) is 0 Å². The van der Waals surface area contributed by atoms with Crippen molar-refractivity contribution in [1.82, 2.24) is 5.32 Å². The molecule has 0 aromatic heterocycles. The van der Waals surface area contributed by atoms with E-state index in [2.05, 4.69) is 10.6 Å². The molecule has 5 nitrogen and oxygen atoms in total. The van der Waals surface area contributed by atoms with Crippen LogP contribution in [-0.2, 0) is 14.6 Å². The predicted octanol–water partition coefficient (Wildman–Crippen LogP) is 2.20. The van der Waals surface area contributed by atoms with Gasteiger partial charge in [0, 0.05) is 24.2 Å². The van der Waals surface area contributed by atoms with Crippen LogP contribution in [0.3, 0.4) is 0 Å². The van der Waals surface area contributed by atoms with Crippen molar-refractivity contribution in [3.8, 4) is 0 Å². The quantitative estimate of drug-likeness (QED) is 0.844. The molecule has 0 bridgehead atoms. The number of sulfone groups is 1. The predicted molar refractivity (Wildman–Crippen MR) is 85.2 cm³/mol. The summed E-state index contributed by atoms with van der Waals surface area (Å²) in [5.41, 5.74) is 0.571. The lowest BCUT2D eigenvalue weighted by Crippen LogP contribution is -2.41. The Morgan fingerprint density at radius 2 is 1.71 bits per heavy atom. The van der Waals surface area contributed by atoms with E-state index in [4.69, 9.17) is 0 Å². The van der Waals surface area contributed by atoms with Crippen molar-refractivity contribution >= 4 is 21.4 Å². The topological polar surface area (TPSA) is 75.3 Å². The molecule has 0 fully saturated rings. The van der Waals surface area contributed by atoms with Crippen LogP contribution in [0.25, 0.3) is 0 Å².